The van der Waals surface area contributed by atoms with Crippen molar-refractivity contribution in [3.05, 3.63) is 46.8 Å². The first-order valence-electron chi connectivity index (χ1n) is 13.4. The van der Waals surface area contributed by atoms with Gasteiger partial charge in [-0.2, -0.15) is 5.10 Å². The number of aromatic nitrogens is 2. The van der Waals surface area contributed by atoms with E-state index in [0.29, 0.717) is 51.4 Å². The topological polar surface area (TPSA) is 70.5 Å². The van der Waals surface area contributed by atoms with Crippen LogP contribution in [0.1, 0.15) is 69.8 Å². The van der Waals surface area contributed by atoms with Crippen LogP contribution in [0.3, 0.4) is 0 Å². The van der Waals surface area contributed by atoms with E-state index in [1.54, 1.807) is 0 Å². The summed E-state index contributed by atoms with van der Waals surface area (Å²) in [7, 11) is 0. The molecule has 1 N–H and O–H groups in total. The number of piperidine rings is 1. The summed E-state index contributed by atoms with van der Waals surface area (Å²) in [6.07, 6.45) is 3.62. The highest BCUT2D eigenvalue weighted by atomic mass is 19.1. The van der Waals surface area contributed by atoms with E-state index >= 15 is 0 Å². The van der Waals surface area contributed by atoms with Crippen LogP contribution in [0.25, 0.3) is 5.69 Å². The first kappa shape index (κ1) is 27.2. The van der Waals surface area contributed by atoms with Crippen molar-refractivity contribution in [2.24, 2.45) is 5.92 Å². The van der Waals surface area contributed by atoms with E-state index in [4.69, 9.17) is 0 Å². The van der Waals surface area contributed by atoms with Crippen molar-refractivity contribution in [2.45, 2.75) is 84.8 Å². The molecule has 2 saturated heterocycles. The fraction of sp³-hybridized carbons (Fsp3) is 0.607. The van der Waals surface area contributed by atoms with E-state index in [2.05, 4.69) is 36.1 Å². The van der Waals surface area contributed by atoms with Gasteiger partial charge in [-0.1, -0.05) is 27.2 Å². The quantitative estimate of drug-likeness (QED) is 0.570. The lowest BCUT2D eigenvalue weighted by Crippen LogP contribution is -2.73. The van der Waals surface area contributed by atoms with Crippen molar-refractivity contribution in [2.75, 3.05) is 19.6 Å². The molecule has 3 heterocycles. The molecular formula is C28H39F2N5O2. The zero-order valence-corrected chi connectivity index (χ0v) is 22.6. The van der Waals surface area contributed by atoms with Crippen LogP contribution in [0.5, 0.6) is 0 Å². The largest absolute Gasteiger partial charge is 0.342 e. The third kappa shape index (κ3) is 5.28. The molecule has 1 spiro atoms. The molecule has 0 saturated carbocycles. The van der Waals surface area contributed by atoms with Crippen LogP contribution in [0.15, 0.2) is 18.2 Å². The lowest BCUT2D eigenvalue weighted by atomic mass is 9.80. The molecule has 2 aromatic rings. The average molecular weight is 516 g/mol. The average Bonchev–Trinajstić information content (AvgIpc) is 3.11. The zero-order chi connectivity index (χ0) is 26.9. The molecule has 202 valence electrons. The highest BCUT2D eigenvalue weighted by Gasteiger charge is 2.53. The fourth-order valence-corrected chi connectivity index (χ4v) is 5.74. The van der Waals surface area contributed by atoms with Gasteiger partial charge < -0.3 is 10.2 Å². The Labute approximate surface area is 218 Å². The van der Waals surface area contributed by atoms with Crippen molar-refractivity contribution in [1.29, 1.82) is 0 Å². The first-order chi connectivity index (χ1) is 17.6. The molecule has 0 bridgehead atoms. The molecule has 0 radical (unpaired) electrons. The SMILES string of the molecule is CCCCN1C(=O)C(CC(C)C)NC(=O)C12CCN(Cc1c(C)nn(-c3ccc(F)cc3F)c1C)CC2. The highest BCUT2D eigenvalue weighted by molar-refractivity contribution is 6.00. The van der Waals surface area contributed by atoms with Gasteiger partial charge in [-0.15, -0.1) is 0 Å². The van der Waals surface area contributed by atoms with Crippen LogP contribution in [-0.2, 0) is 16.1 Å². The maximum Gasteiger partial charge on any atom is 0.246 e. The molecule has 2 amide bonds. The number of amides is 2. The second-order valence-electron chi connectivity index (χ2n) is 11.0. The number of carbonyl (C=O) groups is 2. The second kappa shape index (κ2) is 10.9. The minimum Gasteiger partial charge on any atom is -0.342 e. The van der Waals surface area contributed by atoms with Crippen LogP contribution in [0.4, 0.5) is 8.78 Å². The minimum absolute atomic E-state index is 0.0273. The number of benzene rings is 1. The van der Waals surface area contributed by atoms with Crippen LogP contribution < -0.4 is 5.32 Å². The lowest BCUT2D eigenvalue weighted by Gasteiger charge is -2.52. The van der Waals surface area contributed by atoms with Crippen molar-refractivity contribution < 1.29 is 18.4 Å². The molecule has 2 aliphatic heterocycles. The smallest absolute Gasteiger partial charge is 0.246 e. The number of carbonyl (C=O) groups excluding carboxylic acids is 2. The summed E-state index contributed by atoms with van der Waals surface area (Å²) in [6.45, 7) is 12.5. The molecule has 7 nitrogen and oxygen atoms in total. The molecule has 9 heteroatoms. The summed E-state index contributed by atoms with van der Waals surface area (Å²) in [4.78, 5) is 31.1. The van der Waals surface area contributed by atoms with Crippen molar-refractivity contribution in [1.82, 2.24) is 24.9 Å². The predicted molar refractivity (Wildman–Crippen MR) is 138 cm³/mol. The number of likely N-dealkylation sites (tertiary alicyclic amines) is 1. The number of nitrogens with one attached hydrogen (secondary N) is 1. The van der Waals surface area contributed by atoms with E-state index < -0.39 is 23.2 Å². The van der Waals surface area contributed by atoms with Gasteiger partial charge in [-0.25, -0.2) is 13.5 Å². The van der Waals surface area contributed by atoms with Gasteiger partial charge in [0.15, 0.2) is 5.82 Å². The van der Waals surface area contributed by atoms with E-state index in [9.17, 15) is 18.4 Å². The fourth-order valence-electron chi connectivity index (χ4n) is 5.74. The Balaban J connectivity index is 1.51. The van der Waals surface area contributed by atoms with E-state index in [0.717, 1.165) is 35.9 Å². The Morgan fingerprint density at radius 2 is 1.86 bits per heavy atom. The number of rotatable bonds is 8. The zero-order valence-electron chi connectivity index (χ0n) is 22.6. The van der Waals surface area contributed by atoms with Crippen molar-refractivity contribution in [3.63, 3.8) is 0 Å². The van der Waals surface area contributed by atoms with E-state index in [1.165, 1.54) is 16.8 Å². The number of halogens is 2. The van der Waals surface area contributed by atoms with Crippen molar-refractivity contribution >= 4 is 11.8 Å². The predicted octanol–water partition coefficient (Wildman–Crippen LogP) is 4.28. The number of nitrogens with zero attached hydrogens (tertiary/aromatic N) is 4. The Morgan fingerprint density at radius 3 is 2.49 bits per heavy atom. The maximum atomic E-state index is 14.4. The number of hydrogen-bond donors (Lipinski definition) is 1. The van der Waals surface area contributed by atoms with Gasteiger partial charge >= 0.3 is 0 Å². The Morgan fingerprint density at radius 1 is 1.16 bits per heavy atom. The summed E-state index contributed by atoms with van der Waals surface area (Å²) in [6, 6.07) is 3.04. The van der Waals surface area contributed by atoms with Crippen LogP contribution in [-0.4, -0.2) is 62.6 Å². The number of unbranched alkanes of at least 4 members (excludes halogenated alkanes) is 1. The Kier molecular flexibility index (Phi) is 8.02. The van der Waals surface area contributed by atoms with Gasteiger partial charge in [0.2, 0.25) is 11.8 Å². The summed E-state index contributed by atoms with van der Waals surface area (Å²) in [5.74, 6) is -0.953. The highest BCUT2D eigenvalue weighted by Crippen LogP contribution is 2.35. The molecule has 1 atom stereocenters. The molecule has 2 aliphatic rings. The molecule has 1 aromatic heterocycles. The third-order valence-corrected chi connectivity index (χ3v) is 7.90. The molecule has 0 aliphatic carbocycles. The summed E-state index contributed by atoms with van der Waals surface area (Å²) >= 11 is 0. The van der Waals surface area contributed by atoms with E-state index in [1.807, 2.05) is 18.7 Å². The molecule has 1 aromatic carbocycles. The van der Waals surface area contributed by atoms with Gasteiger partial charge in [0.1, 0.15) is 23.1 Å². The van der Waals surface area contributed by atoms with Gasteiger partial charge in [0, 0.05) is 43.5 Å². The standard InChI is InChI=1S/C28H39F2N5O2/c1-6-7-12-34-26(36)24(15-18(2)3)31-27(37)28(34)10-13-33(14-11-28)17-22-19(4)32-35(20(22)5)25-9-8-21(29)16-23(25)30/h8-9,16,18,24H,6-7,10-15,17H2,1-5H3,(H,31,37). The van der Waals surface area contributed by atoms with Gasteiger partial charge in [0.05, 0.1) is 5.69 Å². The normalized spacial score (nSPS) is 20.2. The molecular weight excluding hydrogens is 476 g/mol. The number of piperazine rings is 1. The molecule has 1 unspecified atom stereocenters. The second-order valence-corrected chi connectivity index (χ2v) is 11.0. The minimum atomic E-state index is -0.804. The number of aryl methyl sites for hydroxylation is 1. The van der Waals surface area contributed by atoms with Crippen LogP contribution >= 0.6 is 0 Å². The Bertz CT molecular complexity index is 1150. The first-order valence-corrected chi connectivity index (χ1v) is 13.4. The van der Waals surface area contributed by atoms with Gasteiger partial charge in [-0.3, -0.25) is 14.5 Å². The summed E-state index contributed by atoms with van der Waals surface area (Å²) in [5, 5.41) is 7.58. The maximum absolute atomic E-state index is 14.4. The van der Waals surface area contributed by atoms with Crippen LogP contribution in [0.2, 0.25) is 0 Å². The Hall–Kier alpha value is -2.81. The van der Waals surface area contributed by atoms with E-state index in [-0.39, 0.29) is 17.5 Å². The third-order valence-electron chi connectivity index (χ3n) is 7.90. The lowest BCUT2D eigenvalue weighted by molar-refractivity contribution is -0.161. The van der Waals surface area contributed by atoms with Gasteiger partial charge in [-0.05, 0) is 57.6 Å². The summed E-state index contributed by atoms with van der Waals surface area (Å²) < 4.78 is 29.4. The summed E-state index contributed by atoms with van der Waals surface area (Å²) in [5.41, 5.74) is 1.99. The molecule has 4 rings (SSSR count). The van der Waals surface area contributed by atoms with Crippen molar-refractivity contribution in [3.8, 4) is 5.69 Å². The number of hydrogen-bond acceptors (Lipinski definition) is 4. The molecule has 37 heavy (non-hydrogen) atoms. The monoisotopic (exact) mass is 515 g/mol. The molecule has 2 fully saturated rings. The van der Waals surface area contributed by atoms with Crippen LogP contribution in [0, 0.1) is 31.4 Å². The van der Waals surface area contributed by atoms with Gasteiger partial charge in [0.25, 0.3) is 0 Å².